The van der Waals surface area contributed by atoms with Crippen molar-refractivity contribution in [3.63, 3.8) is 0 Å². The number of carbonyl (C=O) groups is 2. The molecular formula is C27H27N3O3S. The normalized spacial score (nSPS) is 16.8. The van der Waals surface area contributed by atoms with Crippen molar-refractivity contribution in [1.29, 1.82) is 0 Å². The van der Waals surface area contributed by atoms with Gasteiger partial charge < -0.3 is 14.2 Å². The highest BCUT2D eigenvalue weighted by Crippen LogP contribution is 2.35. The van der Waals surface area contributed by atoms with E-state index in [0.717, 1.165) is 30.2 Å². The van der Waals surface area contributed by atoms with Crippen molar-refractivity contribution in [3.05, 3.63) is 89.9 Å². The molecule has 3 heterocycles. The van der Waals surface area contributed by atoms with Crippen LogP contribution >= 0.6 is 11.8 Å². The maximum absolute atomic E-state index is 13.0. The molecule has 0 spiro atoms. The molecule has 1 aromatic heterocycles. The van der Waals surface area contributed by atoms with Crippen molar-refractivity contribution in [3.8, 4) is 0 Å². The quantitative estimate of drug-likeness (QED) is 0.532. The first-order chi connectivity index (χ1) is 16.7. The number of para-hydroxylation sites is 1. The largest absolute Gasteiger partial charge is 0.454 e. The Bertz CT molecular complexity index is 1180. The second kappa shape index (κ2) is 10.3. The van der Waals surface area contributed by atoms with Crippen LogP contribution in [0.4, 0.5) is 5.69 Å². The third-order valence-electron chi connectivity index (χ3n) is 6.13. The number of anilines is 1. The molecule has 7 heteroatoms. The monoisotopic (exact) mass is 473 g/mol. The molecule has 0 radical (unpaired) electrons. The summed E-state index contributed by atoms with van der Waals surface area (Å²) in [6.07, 6.45) is 4.30. The molecule has 0 unspecified atom stereocenters. The number of benzene rings is 2. The summed E-state index contributed by atoms with van der Waals surface area (Å²) in [6, 6.07) is 21.7. The molecule has 1 saturated heterocycles. The van der Waals surface area contributed by atoms with Gasteiger partial charge in [-0.15, -0.1) is 11.8 Å². The molecule has 34 heavy (non-hydrogen) atoms. The van der Waals surface area contributed by atoms with E-state index >= 15 is 0 Å². The molecule has 2 aromatic carbocycles. The summed E-state index contributed by atoms with van der Waals surface area (Å²) in [5.74, 6) is 1.31. The molecule has 174 valence electrons. The standard InChI is InChI=1S/C27H27N3O3S/c31-26-20-34-25-11-5-4-10-23(25)30(26)19-22-12-13-24(33-22)27(32)29-17-15-28(16-18-29)14-6-9-21-7-2-1-3-8-21/h1-13H,14-20H2/b9-6+. The summed E-state index contributed by atoms with van der Waals surface area (Å²) in [4.78, 5) is 32.5. The molecule has 3 aromatic rings. The molecule has 0 saturated carbocycles. The highest BCUT2D eigenvalue weighted by Gasteiger charge is 2.27. The van der Waals surface area contributed by atoms with Crippen LogP contribution in [0.15, 0.2) is 82.1 Å². The minimum absolute atomic E-state index is 0.0467. The number of piperazine rings is 1. The van der Waals surface area contributed by atoms with Crippen LogP contribution in [0.5, 0.6) is 0 Å². The van der Waals surface area contributed by atoms with Crippen LogP contribution in [-0.4, -0.2) is 60.1 Å². The number of hydrogen-bond donors (Lipinski definition) is 0. The SMILES string of the molecule is O=C(c1ccc(CN2C(=O)CSc3ccccc32)o1)N1CCN(C/C=C/c2ccccc2)CC1. The van der Waals surface area contributed by atoms with Crippen LogP contribution in [0.2, 0.25) is 0 Å². The zero-order valence-corrected chi connectivity index (χ0v) is 19.7. The number of amides is 2. The van der Waals surface area contributed by atoms with Crippen LogP contribution in [-0.2, 0) is 11.3 Å². The fourth-order valence-electron chi connectivity index (χ4n) is 4.25. The predicted octanol–water partition coefficient (Wildman–Crippen LogP) is 4.39. The molecule has 0 aliphatic carbocycles. The van der Waals surface area contributed by atoms with Crippen LogP contribution in [0, 0.1) is 0 Å². The summed E-state index contributed by atoms with van der Waals surface area (Å²) in [5.41, 5.74) is 2.09. The number of furan rings is 1. The van der Waals surface area contributed by atoms with Crippen LogP contribution in [0.25, 0.3) is 6.08 Å². The zero-order valence-electron chi connectivity index (χ0n) is 18.9. The number of rotatable bonds is 6. The summed E-state index contributed by atoms with van der Waals surface area (Å²) < 4.78 is 5.89. The Balaban J connectivity index is 1.15. The molecule has 6 nitrogen and oxygen atoms in total. The fraction of sp³-hybridized carbons (Fsp3) is 0.259. The van der Waals surface area contributed by atoms with Gasteiger partial charge in [0, 0.05) is 37.6 Å². The Labute approximate surface area is 203 Å². The number of carbonyl (C=O) groups excluding carboxylic acids is 2. The van der Waals surface area contributed by atoms with Gasteiger partial charge in [0.25, 0.3) is 5.91 Å². The van der Waals surface area contributed by atoms with Gasteiger partial charge in [0.1, 0.15) is 5.76 Å². The number of hydrogen-bond acceptors (Lipinski definition) is 5. The van der Waals surface area contributed by atoms with E-state index in [2.05, 4.69) is 29.2 Å². The smallest absolute Gasteiger partial charge is 0.289 e. The average molecular weight is 474 g/mol. The lowest BCUT2D eigenvalue weighted by Gasteiger charge is -2.33. The first-order valence-corrected chi connectivity index (χ1v) is 12.5. The Morgan fingerprint density at radius 3 is 2.53 bits per heavy atom. The summed E-state index contributed by atoms with van der Waals surface area (Å²) >= 11 is 1.55. The van der Waals surface area contributed by atoms with Gasteiger partial charge in [-0.05, 0) is 29.8 Å². The van der Waals surface area contributed by atoms with E-state index in [0.29, 0.717) is 36.9 Å². The third-order valence-corrected chi connectivity index (χ3v) is 7.18. The van der Waals surface area contributed by atoms with Gasteiger partial charge in [0.15, 0.2) is 5.76 Å². The Hall–Kier alpha value is -3.29. The summed E-state index contributed by atoms with van der Waals surface area (Å²) in [5, 5.41) is 0. The van der Waals surface area contributed by atoms with Gasteiger partial charge in [-0.2, -0.15) is 0 Å². The van der Waals surface area contributed by atoms with E-state index in [1.54, 1.807) is 28.8 Å². The fourth-order valence-corrected chi connectivity index (χ4v) is 5.19. The van der Waals surface area contributed by atoms with Crippen molar-refractivity contribution in [2.45, 2.75) is 11.4 Å². The van der Waals surface area contributed by atoms with Gasteiger partial charge in [-0.25, -0.2) is 0 Å². The van der Waals surface area contributed by atoms with Crippen molar-refractivity contribution >= 4 is 35.3 Å². The Morgan fingerprint density at radius 2 is 1.71 bits per heavy atom. The van der Waals surface area contributed by atoms with Gasteiger partial charge in [0.05, 0.1) is 18.0 Å². The van der Waals surface area contributed by atoms with Gasteiger partial charge in [0.2, 0.25) is 5.91 Å². The van der Waals surface area contributed by atoms with Gasteiger partial charge >= 0.3 is 0 Å². The van der Waals surface area contributed by atoms with E-state index < -0.39 is 0 Å². The predicted molar refractivity (Wildman–Crippen MR) is 135 cm³/mol. The van der Waals surface area contributed by atoms with Crippen molar-refractivity contribution in [2.75, 3.05) is 43.4 Å². The van der Waals surface area contributed by atoms with E-state index in [-0.39, 0.29) is 11.8 Å². The van der Waals surface area contributed by atoms with Crippen molar-refractivity contribution < 1.29 is 14.0 Å². The molecule has 0 bridgehead atoms. The maximum atomic E-state index is 13.0. The number of thioether (sulfide) groups is 1. The molecule has 2 amide bonds. The molecule has 1 fully saturated rings. The van der Waals surface area contributed by atoms with Gasteiger partial charge in [-0.1, -0.05) is 54.6 Å². The minimum Gasteiger partial charge on any atom is -0.454 e. The van der Waals surface area contributed by atoms with Crippen LogP contribution < -0.4 is 4.90 Å². The molecular weight excluding hydrogens is 446 g/mol. The lowest BCUT2D eigenvalue weighted by Crippen LogP contribution is -2.48. The van der Waals surface area contributed by atoms with Crippen molar-refractivity contribution in [2.24, 2.45) is 0 Å². The second-order valence-electron chi connectivity index (χ2n) is 8.41. The lowest BCUT2D eigenvalue weighted by atomic mass is 10.2. The Kier molecular flexibility index (Phi) is 6.83. The van der Waals surface area contributed by atoms with E-state index in [1.165, 1.54) is 5.56 Å². The zero-order chi connectivity index (χ0) is 23.3. The first kappa shape index (κ1) is 22.5. The highest BCUT2D eigenvalue weighted by atomic mass is 32.2. The third kappa shape index (κ3) is 5.11. The first-order valence-electron chi connectivity index (χ1n) is 11.5. The van der Waals surface area contributed by atoms with Crippen LogP contribution in [0.3, 0.4) is 0 Å². The van der Waals surface area contributed by atoms with Crippen LogP contribution in [0.1, 0.15) is 21.9 Å². The summed E-state index contributed by atoms with van der Waals surface area (Å²) in [7, 11) is 0. The molecule has 0 atom stereocenters. The number of nitrogens with zero attached hydrogens (tertiary/aromatic N) is 3. The lowest BCUT2D eigenvalue weighted by molar-refractivity contribution is -0.116. The molecule has 0 N–H and O–H groups in total. The second-order valence-corrected chi connectivity index (χ2v) is 9.43. The van der Waals surface area contributed by atoms with E-state index in [4.69, 9.17) is 4.42 Å². The molecule has 5 rings (SSSR count). The van der Waals surface area contributed by atoms with Gasteiger partial charge in [-0.3, -0.25) is 14.5 Å². The van der Waals surface area contributed by atoms with Crippen molar-refractivity contribution in [1.82, 2.24) is 9.80 Å². The highest BCUT2D eigenvalue weighted by molar-refractivity contribution is 8.00. The number of fused-ring (bicyclic) bond motifs is 1. The van der Waals surface area contributed by atoms with E-state index in [9.17, 15) is 9.59 Å². The minimum atomic E-state index is -0.0911. The average Bonchev–Trinajstić information content (AvgIpc) is 3.35. The van der Waals surface area contributed by atoms with E-state index in [1.807, 2.05) is 47.4 Å². The molecule has 2 aliphatic rings. The maximum Gasteiger partial charge on any atom is 0.289 e. The topological polar surface area (TPSA) is 57.0 Å². The molecule has 2 aliphatic heterocycles. The summed E-state index contributed by atoms with van der Waals surface area (Å²) in [6.45, 7) is 4.19. The Morgan fingerprint density at radius 1 is 0.941 bits per heavy atom.